The van der Waals surface area contributed by atoms with E-state index in [0.717, 1.165) is 18.5 Å². The van der Waals surface area contributed by atoms with Gasteiger partial charge in [0.2, 0.25) is 5.91 Å². The van der Waals surface area contributed by atoms with E-state index in [1.165, 1.54) is 0 Å². The maximum Gasteiger partial charge on any atom is 0.223 e. The fourth-order valence-corrected chi connectivity index (χ4v) is 1.62. The largest absolute Gasteiger partial charge is 0.348 e. The maximum atomic E-state index is 11.9. The molecule has 0 bridgehead atoms. The van der Waals surface area contributed by atoms with E-state index in [0.29, 0.717) is 6.54 Å². The number of nitrogens with two attached hydrogens (primary N) is 1. The second-order valence-electron chi connectivity index (χ2n) is 4.32. The molecule has 0 radical (unpaired) electrons. The Morgan fingerprint density at radius 3 is 2.82 bits per heavy atom. The van der Waals surface area contributed by atoms with Gasteiger partial charge in [-0.1, -0.05) is 13.0 Å². The van der Waals surface area contributed by atoms with E-state index in [4.69, 9.17) is 5.73 Å². The monoisotopic (exact) mass is 235 g/mol. The first kappa shape index (κ1) is 13.6. The molecule has 1 unspecified atom stereocenters. The molecule has 0 aliphatic carbocycles. The van der Waals surface area contributed by atoms with Crippen LogP contribution in [0.15, 0.2) is 24.4 Å². The highest BCUT2D eigenvalue weighted by Gasteiger charge is 2.15. The number of hydrogen-bond acceptors (Lipinski definition) is 3. The van der Waals surface area contributed by atoms with Crippen molar-refractivity contribution in [3.63, 3.8) is 0 Å². The molecule has 0 aromatic carbocycles. The van der Waals surface area contributed by atoms with Crippen molar-refractivity contribution in [1.82, 2.24) is 10.3 Å². The zero-order valence-corrected chi connectivity index (χ0v) is 10.5. The lowest BCUT2D eigenvalue weighted by atomic mass is 10.0. The number of carbonyl (C=O) groups is 1. The second-order valence-corrected chi connectivity index (χ2v) is 4.32. The molecule has 94 valence electrons. The number of pyridine rings is 1. The van der Waals surface area contributed by atoms with Crippen LogP contribution in [-0.4, -0.2) is 17.4 Å². The molecule has 0 saturated carbocycles. The third-order valence-electron chi connectivity index (χ3n) is 2.78. The smallest absolute Gasteiger partial charge is 0.223 e. The van der Waals surface area contributed by atoms with Gasteiger partial charge in [-0.05, 0) is 38.4 Å². The van der Waals surface area contributed by atoms with Gasteiger partial charge in [-0.3, -0.25) is 9.78 Å². The summed E-state index contributed by atoms with van der Waals surface area (Å²) >= 11 is 0. The molecule has 4 nitrogen and oxygen atoms in total. The lowest BCUT2D eigenvalue weighted by Crippen LogP contribution is -2.32. The maximum absolute atomic E-state index is 11.9. The summed E-state index contributed by atoms with van der Waals surface area (Å²) in [4.78, 5) is 16.1. The summed E-state index contributed by atoms with van der Waals surface area (Å²) in [5.41, 5.74) is 6.31. The van der Waals surface area contributed by atoms with Crippen molar-refractivity contribution in [2.24, 2.45) is 11.7 Å². The topological polar surface area (TPSA) is 68.0 Å². The summed E-state index contributed by atoms with van der Waals surface area (Å²) in [5, 5.41) is 2.96. The van der Waals surface area contributed by atoms with E-state index < -0.39 is 0 Å². The molecular weight excluding hydrogens is 214 g/mol. The van der Waals surface area contributed by atoms with Crippen LogP contribution in [0.2, 0.25) is 0 Å². The number of aromatic nitrogens is 1. The predicted octanol–water partition coefficient (Wildman–Crippen LogP) is 1.63. The molecule has 0 aliphatic rings. The van der Waals surface area contributed by atoms with Crippen molar-refractivity contribution in [2.45, 2.75) is 32.7 Å². The van der Waals surface area contributed by atoms with Crippen LogP contribution in [0, 0.1) is 5.92 Å². The van der Waals surface area contributed by atoms with Crippen LogP contribution < -0.4 is 11.1 Å². The minimum atomic E-state index is -0.0518. The second kappa shape index (κ2) is 7.01. The highest BCUT2D eigenvalue weighted by atomic mass is 16.1. The molecule has 1 rings (SSSR count). The number of amides is 1. The van der Waals surface area contributed by atoms with Gasteiger partial charge in [0.1, 0.15) is 0 Å². The summed E-state index contributed by atoms with van der Waals surface area (Å²) in [6.45, 7) is 4.50. The highest BCUT2D eigenvalue weighted by molar-refractivity contribution is 5.78. The highest BCUT2D eigenvalue weighted by Crippen LogP contribution is 2.11. The van der Waals surface area contributed by atoms with Gasteiger partial charge in [-0.25, -0.2) is 0 Å². The quantitative estimate of drug-likeness (QED) is 0.787. The van der Waals surface area contributed by atoms with E-state index in [9.17, 15) is 4.79 Å². The predicted molar refractivity (Wildman–Crippen MR) is 68.2 cm³/mol. The Morgan fingerprint density at radius 1 is 1.47 bits per heavy atom. The Labute approximate surface area is 103 Å². The summed E-state index contributed by atoms with van der Waals surface area (Å²) in [5.74, 6) is 0.0707. The van der Waals surface area contributed by atoms with Crippen LogP contribution in [0.4, 0.5) is 0 Å². The van der Waals surface area contributed by atoms with Gasteiger partial charge in [0.15, 0.2) is 0 Å². The number of rotatable bonds is 6. The molecule has 0 aliphatic heterocycles. The standard InChI is InChI=1S/C13H21N3O/c1-10(6-5-8-14)13(17)16-11(2)12-7-3-4-9-15-12/h3-4,7,9-11H,5-6,8,14H2,1-2H3,(H,16,17)/t10?,11-/m1/s1. The Kier molecular flexibility index (Phi) is 5.63. The normalized spacial score (nSPS) is 14.1. The van der Waals surface area contributed by atoms with Crippen LogP contribution in [0.5, 0.6) is 0 Å². The van der Waals surface area contributed by atoms with Crippen molar-refractivity contribution in [3.8, 4) is 0 Å². The Bertz CT molecular complexity index is 340. The van der Waals surface area contributed by atoms with Gasteiger partial charge in [-0.15, -0.1) is 0 Å². The molecule has 0 spiro atoms. The zero-order valence-electron chi connectivity index (χ0n) is 10.5. The van der Waals surface area contributed by atoms with Crippen LogP contribution >= 0.6 is 0 Å². The molecular formula is C13H21N3O. The minimum Gasteiger partial charge on any atom is -0.348 e. The fraction of sp³-hybridized carbons (Fsp3) is 0.538. The van der Waals surface area contributed by atoms with Crippen molar-refractivity contribution in [2.75, 3.05) is 6.54 Å². The minimum absolute atomic E-state index is 0.00436. The fourth-order valence-electron chi connectivity index (χ4n) is 1.62. The Morgan fingerprint density at radius 2 is 2.24 bits per heavy atom. The van der Waals surface area contributed by atoms with E-state index >= 15 is 0 Å². The van der Waals surface area contributed by atoms with Crippen LogP contribution in [0.3, 0.4) is 0 Å². The third-order valence-corrected chi connectivity index (χ3v) is 2.78. The number of carbonyl (C=O) groups excluding carboxylic acids is 1. The zero-order chi connectivity index (χ0) is 12.7. The van der Waals surface area contributed by atoms with E-state index in [1.807, 2.05) is 32.0 Å². The summed E-state index contributed by atoms with van der Waals surface area (Å²) in [6.07, 6.45) is 3.44. The number of hydrogen-bond donors (Lipinski definition) is 2. The third kappa shape index (κ3) is 4.53. The first-order chi connectivity index (χ1) is 8.15. The summed E-state index contributed by atoms with van der Waals surface area (Å²) < 4.78 is 0. The van der Waals surface area contributed by atoms with Crippen LogP contribution in [0.1, 0.15) is 38.4 Å². The van der Waals surface area contributed by atoms with Crippen LogP contribution in [-0.2, 0) is 4.79 Å². The molecule has 1 heterocycles. The Balaban J connectivity index is 2.46. The van der Waals surface area contributed by atoms with Crippen molar-refractivity contribution >= 4 is 5.91 Å². The first-order valence-electron chi connectivity index (χ1n) is 6.06. The molecule has 3 N–H and O–H groups in total. The summed E-state index contributed by atoms with van der Waals surface area (Å²) in [6, 6.07) is 5.64. The Hall–Kier alpha value is -1.42. The van der Waals surface area contributed by atoms with E-state index in [1.54, 1.807) is 6.20 Å². The number of nitrogens with one attached hydrogen (secondary N) is 1. The number of nitrogens with zero attached hydrogens (tertiary/aromatic N) is 1. The average molecular weight is 235 g/mol. The van der Waals surface area contributed by atoms with Gasteiger partial charge in [0.25, 0.3) is 0 Å². The molecule has 1 aromatic heterocycles. The van der Waals surface area contributed by atoms with E-state index in [2.05, 4.69) is 10.3 Å². The van der Waals surface area contributed by atoms with Gasteiger partial charge >= 0.3 is 0 Å². The van der Waals surface area contributed by atoms with Crippen molar-refractivity contribution in [3.05, 3.63) is 30.1 Å². The van der Waals surface area contributed by atoms with Gasteiger partial charge in [-0.2, -0.15) is 0 Å². The average Bonchev–Trinajstić information content (AvgIpc) is 2.36. The van der Waals surface area contributed by atoms with Gasteiger partial charge in [0, 0.05) is 12.1 Å². The molecule has 4 heteroatoms. The molecule has 0 fully saturated rings. The molecule has 1 amide bonds. The van der Waals surface area contributed by atoms with Gasteiger partial charge < -0.3 is 11.1 Å². The SMILES string of the molecule is CC(CCCN)C(=O)N[C@H](C)c1ccccn1. The van der Waals surface area contributed by atoms with Crippen molar-refractivity contribution in [1.29, 1.82) is 0 Å². The molecule has 17 heavy (non-hydrogen) atoms. The molecule has 2 atom stereocenters. The lowest BCUT2D eigenvalue weighted by Gasteiger charge is -2.16. The summed E-state index contributed by atoms with van der Waals surface area (Å²) in [7, 11) is 0. The van der Waals surface area contributed by atoms with Gasteiger partial charge in [0.05, 0.1) is 11.7 Å². The molecule has 0 saturated heterocycles. The van der Waals surface area contributed by atoms with Crippen molar-refractivity contribution < 1.29 is 4.79 Å². The molecule has 1 aromatic rings. The lowest BCUT2D eigenvalue weighted by molar-refractivity contribution is -0.125. The van der Waals surface area contributed by atoms with Crippen LogP contribution in [0.25, 0.3) is 0 Å². The first-order valence-corrected chi connectivity index (χ1v) is 6.06. The van der Waals surface area contributed by atoms with E-state index in [-0.39, 0.29) is 17.9 Å².